The molecule has 1 aliphatic rings. The quantitative estimate of drug-likeness (QED) is 0.309. The molecule has 0 aromatic rings. The number of piperidine rings is 1. The van der Waals surface area contributed by atoms with Crippen molar-refractivity contribution in [3.63, 3.8) is 0 Å². The lowest BCUT2D eigenvalue weighted by atomic mass is 10.1. The van der Waals surface area contributed by atoms with E-state index in [1.165, 1.54) is 12.8 Å². The van der Waals surface area contributed by atoms with Crippen molar-refractivity contribution in [1.82, 2.24) is 4.90 Å². The first-order valence-electron chi connectivity index (χ1n) is 6.06. The summed E-state index contributed by atoms with van der Waals surface area (Å²) >= 11 is 0. The van der Waals surface area contributed by atoms with Gasteiger partial charge in [-0.05, 0) is 39.3 Å². The van der Waals surface area contributed by atoms with Gasteiger partial charge in [0.25, 0.3) is 0 Å². The lowest BCUT2D eigenvalue weighted by Crippen LogP contribution is -2.40. The van der Waals surface area contributed by atoms with Gasteiger partial charge in [0.05, 0.1) is 6.10 Å². The zero-order valence-electron chi connectivity index (χ0n) is 10.1. The van der Waals surface area contributed by atoms with Gasteiger partial charge in [0.15, 0.2) is 0 Å². The van der Waals surface area contributed by atoms with Crippen molar-refractivity contribution >= 4 is 5.84 Å². The molecule has 0 radical (unpaired) electrons. The predicted molar refractivity (Wildman–Crippen MR) is 63.7 cm³/mol. The molecule has 1 atom stereocenters. The van der Waals surface area contributed by atoms with E-state index in [-0.39, 0.29) is 0 Å². The number of nitrogens with two attached hydrogens (primary N) is 1. The normalized spacial score (nSPS) is 23.6. The van der Waals surface area contributed by atoms with Crippen molar-refractivity contribution in [3.05, 3.63) is 0 Å². The maximum Gasteiger partial charge on any atom is 0.139 e. The fraction of sp³-hybridized carbons (Fsp3) is 0.909. The van der Waals surface area contributed by atoms with Crippen LogP contribution in [0.15, 0.2) is 5.16 Å². The maximum absolute atomic E-state index is 8.41. The van der Waals surface area contributed by atoms with Gasteiger partial charge in [-0.1, -0.05) is 5.16 Å². The Morgan fingerprint density at radius 2 is 2.44 bits per heavy atom. The van der Waals surface area contributed by atoms with Crippen molar-refractivity contribution < 1.29 is 9.94 Å². The standard InChI is InChI=1S/C11H23N3O2/c1-2-16-10-5-3-7-14(9-10)8-4-6-11(12)13-15/h10,15H,2-9H2,1H3,(H2,12,13). The zero-order chi connectivity index (χ0) is 11.8. The molecule has 94 valence electrons. The van der Waals surface area contributed by atoms with E-state index in [4.69, 9.17) is 15.7 Å². The third-order valence-electron chi connectivity index (χ3n) is 2.90. The van der Waals surface area contributed by atoms with Crippen molar-refractivity contribution in [2.75, 3.05) is 26.2 Å². The van der Waals surface area contributed by atoms with E-state index in [9.17, 15) is 0 Å². The molecule has 1 unspecified atom stereocenters. The third kappa shape index (κ3) is 4.81. The second-order valence-corrected chi connectivity index (χ2v) is 4.22. The summed E-state index contributed by atoms with van der Waals surface area (Å²) in [5, 5.41) is 11.4. The largest absolute Gasteiger partial charge is 0.409 e. The Morgan fingerprint density at radius 3 is 3.12 bits per heavy atom. The highest BCUT2D eigenvalue weighted by atomic mass is 16.5. The monoisotopic (exact) mass is 229 g/mol. The van der Waals surface area contributed by atoms with Crippen LogP contribution in [-0.2, 0) is 4.74 Å². The van der Waals surface area contributed by atoms with Gasteiger partial charge >= 0.3 is 0 Å². The highest BCUT2D eigenvalue weighted by molar-refractivity contribution is 5.79. The van der Waals surface area contributed by atoms with Gasteiger partial charge in [0.2, 0.25) is 0 Å². The first kappa shape index (κ1) is 13.3. The molecule has 0 aliphatic carbocycles. The van der Waals surface area contributed by atoms with E-state index in [2.05, 4.69) is 10.1 Å². The Morgan fingerprint density at radius 1 is 1.62 bits per heavy atom. The zero-order valence-corrected chi connectivity index (χ0v) is 10.1. The predicted octanol–water partition coefficient (Wildman–Crippen LogP) is 1.01. The number of rotatable bonds is 6. The first-order valence-corrected chi connectivity index (χ1v) is 6.06. The average Bonchev–Trinajstić information content (AvgIpc) is 2.30. The van der Waals surface area contributed by atoms with Crippen molar-refractivity contribution in [2.45, 2.75) is 38.7 Å². The molecule has 1 saturated heterocycles. The Bertz CT molecular complexity index is 219. The van der Waals surface area contributed by atoms with Gasteiger partial charge in [-0.2, -0.15) is 0 Å². The Kier molecular flexibility index (Phi) is 6.18. The summed E-state index contributed by atoms with van der Waals surface area (Å²) in [5.41, 5.74) is 5.42. The molecule has 0 aromatic heterocycles. The molecule has 16 heavy (non-hydrogen) atoms. The first-order chi connectivity index (χ1) is 7.76. The van der Waals surface area contributed by atoms with Crippen LogP contribution in [0.2, 0.25) is 0 Å². The van der Waals surface area contributed by atoms with Crippen LogP contribution in [-0.4, -0.2) is 48.3 Å². The summed E-state index contributed by atoms with van der Waals surface area (Å²) in [6.07, 6.45) is 4.36. The molecule has 0 amide bonds. The number of ether oxygens (including phenoxy) is 1. The highest BCUT2D eigenvalue weighted by Gasteiger charge is 2.19. The van der Waals surface area contributed by atoms with Crippen LogP contribution in [0.5, 0.6) is 0 Å². The van der Waals surface area contributed by atoms with E-state index in [1.54, 1.807) is 0 Å². The lowest BCUT2D eigenvalue weighted by molar-refractivity contribution is 0.00587. The smallest absolute Gasteiger partial charge is 0.139 e. The van der Waals surface area contributed by atoms with Crippen LogP contribution in [0.1, 0.15) is 32.6 Å². The molecular weight excluding hydrogens is 206 g/mol. The fourth-order valence-corrected chi connectivity index (χ4v) is 2.12. The Labute approximate surface area is 97.2 Å². The Hall–Kier alpha value is -0.810. The van der Waals surface area contributed by atoms with Crippen LogP contribution in [0.3, 0.4) is 0 Å². The number of nitrogens with zero attached hydrogens (tertiary/aromatic N) is 2. The molecule has 0 spiro atoms. The second kappa shape index (κ2) is 7.46. The average molecular weight is 229 g/mol. The number of likely N-dealkylation sites (tertiary alicyclic amines) is 1. The molecule has 1 heterocycles. The minimum absolute atomic E-state index is 0.318. The lowest BCUT2D eigenvalue weighted by Gasteiger charge is -2.32. The van der Waals surface area contributed by atoms with Gasteiger partial charge in [-0.15, -0.1) is 0 Å². The molecule has 0 aromatic carbocycles. The van der Waals surface area contributed by atoms with Gasteiger partial charge in [-0.25, -0.2) is 0 Å². The third-order valence-corrected chi connectivity index (χ3v) is 2.90. The van der Waals surface area contributed by atoms with Gasteiger partial charge in [0, 0.05) is 19.6 Å². The van der Waals surface area contributed by atoms with E-state index in [1.807, 2.05) is 6.92 Å². The van der Waals surface area contributed by atoms with Crippen LogP contribution >= 0.6 is 0 Å². The van der Waals surface area contributed by atoms with E-state index in [0.29, 0.717) is 18.4 Å². The fourth-order valence-electron chi connectivity index (χ4n) is 2.12. The molecular formula is C11H23N3O2. The molecule has 1 aliphatic heterocycles. The minimum Gasteiger partial charge on any atom is -0.409 e. The number of hydrogen-bond acceptors (Lipinski definition) is 4. The maximum atomic E-state index is 8.41. The van der Waals surface area contributed by atoms with Crippen LogP contribution in [0, 0.1) is 0 Å². The summed E-state index contributed by atoms with van der Waals surface area (Å²) in [6.45, 7) is 5.99. The topological polar surface area (TPSA) is 71.1 Å². The van der Waals surface area contributed by atoms with Crippen molar-refractivity contribution in [3.8, 4) is 0 Å². The SMILES string of the molecule is CCOC1CCCN(CCCC(N)=NO)C1. The minimum atomic E-state index is 0.318. The van der Waals surface area contributed by atoms with Crippen molar-refractivity contribution in [2.24, 2.45) is 10.9 Å². The van der Waals surface area contributed by atoms with Gasteiger partial charge in [0.1, 0.15) is 5.84 Å². The van der Waals surface area contributed by atoms with Crippen LogP contribution in [0.25, 0.3) is 0 Å². The van der Waals surface area contributed by atoms with E-state index < -0.39 is 0 Å². The molecule has 5 nitrogen and oxygen atoms in total. The summed E-state index contributed by atoms with van der Waals surface area (Å²) < 4.78 is 5.63. The van der Waals surface area contributed by atoms with Gasteiger partial charge < -0.3 is 20.6 Å². The molecule has 0 saturated carbocycles. The summed E-state index contributed by atoms with van der Waals surface area (Å²) in [7, 11) is 0. The second-order valence-electron chi connectivity index (χ2n) is 4.22. The molecule has 0 bridgehead atoms. The van der Waals surface area contributed by atoms with Gasteiger partial charge in [-0.3, -0.25) is 0 Å². The highest BCUT2D eigenvalue weighted by Crippen LogP contribution is 2.13. The van der Waals surface area contributed by atoms with Crippen LogP contribution < -0.4 is 5.73 Å². The van der Waals surface area contributed by atoms with E-state index in [0.717, 1.165) is 32.7 Å². The number of oxime groups is 1. The molecule has 3 N–H and O–H groups in total. The summed E-state index contributed by atoms with van der Waals surface area (Å²) in [5.74, 6) is 0.318. The summed E-state index contributed by atoms with van der Waals surface area (Å²) in [4.78, 5) is 2.40. The Balaban J connectivity index is 2.16. The van der Waals surface area contributed by atoms with Crippen LogP contribution in [0.4, 0.5) is 0 Å². The number of amidine groups is 1. The van der Waals surface area contributed by atoms with Crippen molar-refractivity contribution in [1.29, 1.82) is 0 Å². The molecule has 1 rings (SSSR count). The molecule has 1 fully saturated rings. The molecule has 5 heteroatoms. The number of hydrogen-bond donors (Lipinski definition) is 2. The summed E-state index contributed by atoms with van der Waals surface area (Å²) in [6, 6.07) is 0. The van der Waals surface area contributed by atoms with E-state index >= 15 is 0 Å².